The third kappa shape index (κ3) is 5.92. The summed E-state index contributed by atoms with van der Waals surface area (Å²) >= 11 is 0. The van der Waals surface area contributed by atoms with Crippen molar-refractivity contribution in [1.29, 1.82) is 0 Å². The minimum absolute atomic E-state index is 0.0847. The van der Waals surface area contributed by atoms with Crippen molar-refractivity contribution in [3.05, 3.63) is 59.4 Å². The lowest BCUT2D eigenvalue weighted by atomic mass is 9.72. The van der Waals surface area contributed by atoms with Gasteiger partial charge in [-0.25, -0.2) is 4.39 Å². The van der Waals surface area contributed by atoms with Crippen molar-refractivity contribution in [2.24, 2.45) is 5.92 Å². The van der Waals surface area contributed by atoms with Crippen LogP contribution in [0.25, 0.3) is 11.1 Å². The Hall–Kier alpha value is -2.45. The van der Waals surface area contributed by atoms with E-state index in [1.807, 2.05) is 30.4 Å². The number of halogens is 4. The van der Waals surface area contributed by atoms with Gasteiger partial charge in [0.05, 0.1) is 5.60 Å². The summed E-state index contributed by atoms with van der Waals surface area (Å²) in [5.74, 6) is -2.72. The molecule has 0 aliphatic carbocycles. The first-order chi connectivity index (χ1) is 15.7. The molecule has 2 atom stereocenters. The van der Waals surface area contributed by atoms with Crippen molar-refractivity contribution in [3.8, 4) is 11.1 Å². The number of aryl methyl sites for hydroxylation is 1. The molecule has 1 aliphatic rings. The number of amides is 1. The molecular formula is C25H30F4N2O2. The van der Waals surface area contributed by atoms with E-state index < -0.39 is 23.5 Å². The largest absolute Gasteiger partial charge is 0.471 e. The molecule has 0 spiro atoms. The van der Waals surface area contributed by atoms with Crippen LogP contribution in [0.3, 0.4) is 0 Å². The first-order valence-corrected chi connectivity index (χ1v) is 11.3. The third-order valence-electron chi connectivity index (χ3n) is 6.35. The van der Waals surface area contributed by atoms with Gasteiger partial charge in [-0.15, -0.1) is 0 Å². The zero-order chi connectivity index (χ0) is 24.1. The van der Waals surface area contributed by atoms with Crippen LogP contribution >= 0.6 is 0 Å². The van der Waals surface area contributed by atoms with Crippen LogP contribution < -0.4 is 10.6 Å². The number of benzene rings is 2. The van der Waals surface area contributed by atoms with E-state index in [4.69, 9.17) is 0 Å². The average Bonchev–Trinajstić information content (AvgIpc) is 2.81. The van der Waals surface area contributed by atoms with Gasteiger partial charge in [0.2, 0.25) is 0 Å². The molecule has 4 nitrogen and oxygen atoms in total. The summed E-state index contributed by atoms with van der Waals surface area (Å²) in [7, 11) is 0. The van der Waals surface area contributed by atoms with E-state index in [9.17, 15) is 23.1 Å². The molecule has 33 heavy (non-hydrogen) atoms. The number of aliphatic hydroxyl groups is 1. The molecule has 3 rings (SSSR count). The van der Waals surface area contributed by atoms with Gasteiger partial charge < -0.3 is 15.7 Å². The van der Waals surface area contributed by atoms with E-state index in [2.05, 4.69) is 5.32 Å². The highest BCUT2D eigenvalue weighted by Crippen LogP contribution is 2.43. The normalized spacial score (nSPS) is 18.5. The smallest absolute Gasteiger partial charge is 0.385 e. The molecule has 2 aromatic carbocycles. The van der Waals surface area contributed by atoms with Gasteiger partial charge in [0.15, 0.2) is 0 Å². The molecule has 8 heteroatoms. The summed E-state index contributed by atoms with van der Waals surface area (Å²) in [5.41, 5.74) is 0.928. The minimum atomic E-state index is -4.95. The van der Waals surface area contributed by atoms with Gasteiger partial charge in [0, 0.05) is 24.6 Å². The SMILES string of the molecule is CCc1cccc(-c2c(F)cccc2C(O)(CCCNC(=O)C(F)(F)F)C2CCCNC2)c1. The topological polar surface area (TPSA) is 61.4 Å². The summed E-state index contributed by atoms with van der Waals surface area (Å²) in [6.07, 6.45) is -2.46. The standard InChI is InChI=1S/C25H30F4N2O2/c1-2-17-7-3-8-18(15-17)22-20(10-4-11-21(22)26)24(33,19-9-5-13-30-16-19)12-6-14-31-23(32)25(27,28)29/h3-4,7-8,10-11,15,19,30,33H,2,5-6,9,12-14,16H2,1H3,(H,31,32). The number of hydrogen-bond acceptors (Lipinski definition) is 3. The summed E-state index contributed by atoms with van der Waals surface area (Å²) in [6, 6.07) is 12.1. The summed E-state index contributed by atoms with van der Waals surface area (Å²) < 4.78 is 52.7. The maximum Gasteiger partial charge on any atom is 0.471 e. The second kappa shape index (κ2) is 10.7. The highest BCUT2D eigenvalue weighted by Gasteiger charge is 2.41. The van der Waals surface area contributed by atoms with Crippen LogP contribution in [0.5, 0.6) is 0 Å². The molecule has 2 aromatic rings. The molecule has 180 valence electrons. The molecule has 1 amide bonds. The Balaban J connectivity index is 1.95. The lowest BCUT2D eigenvalue weighted by molar-refractivity contribution is -0.173. The van der Waals surface area contributed by atoms with E-state index in [1.54, 1.807) is 18.2 Å². The quantitative estimate of drug-likeness (QED) is 0.390. The maximum atomic E-state index is 15.2. The van der Waals surface area contributed by atoms with Crippen LogP contribution in [0.15, 0.2) is 42.5 Å². The van der Waals surface area contributed by atoms with Crippen molar-refractivity contribution in [1.82, 2.24) is 10.6 Å². The van der Waals surface area contributed by atoms with Gasteiger partial charge >= 0.3 is 12.1 Å². The van der Waals surface area contributed by atoms with Gasteiger partial charge in [-0.1, -0.05) is 43.3 Å². The molecule has 0 radical (unpaired) electrons. The van der Waals surface area contributed by atoms with Gasteiger partial charge in [0.1, 0.15) is 5.82 Å². The summed E-state index contributed by atoms with van der Waals surface area (Å²) in [5, 5.41) is 17.1. The van der Waals surface area contributed by atoms with Crippen LogP contribution in [0.1, 0.15) is 43.7 Å². The van der Waals surface area contributed by atoms with Gasteiger partial charge in [-0.3, -0.25) is 4.79 Å². The number of piperidine rings is 1. The molecule has 0 aromatic heterocycles. The number of nitrogens with one attached hydrogen (secondary N) is 2. The number of hydrogen-bond donors (Lipinski definition) is 3. The molecule has 0 bridgehead atoms. The predicted molar refractivity (Wildman–Crippen MR) is 119 cm³/mol. The number of rotatable bonds is 8. The fourth-order valence-electron chi connectivity index (χ4n) is 4.60. The Labute approximate surface area is 191 Å². The van der Waals surface area contributed by atoms with Crippen LogP contribution in [-0.4, -0.2) is 36.8 Å². The fraction of sp³-hybridized carbons (Fsp3) is 0.480. The number of carbonyl (C=O) groups is 1. The Morgan fingerprint density at radius 2 is 1.97 bits per heavy atom. The second-order valence-corrected chi connectivity index (χ2v) is 8.54. The van der Waals surface area contributed by atoms with Crippen molar-refractivity contribution in [2.45, 2.75) is 50.8 Å². The molecule has 1 aliphatic heterocycles. The van der Waals surface area contributed by atoms with E-state index in [-0.39, 0.29) is 25.3 Å². The van der Waals surface area contributed by atoms with E-state index in [0.29, 0.717) is 29.7 Å². The van der Waals surface area contributed by atoms with Crippen molar-refractivity contribution in [3.63, 3.8) is 0 Å². The zero-order valence-electron chi connectivity index (χ0n) is 18.6. The molecule has 1 heterocycles. The van der Waals surface area contributed by atoms with E-state index in [1.165, 1.54) is 6.07 Å². The van der Waals surface area contributed by atoms with Crippen molar-refractivity contribution in [2.75, 3.05) is 19.6 Å². The lowest BCUT2D eigenvalue weighted by Crippen LogP contribution is -2.45. The maximum absolute atomic E-state index is 15.2. The van der Waals surface area contributed by atoms with Crippen LogP contribution in [0.4, 0.5) is 17.6 Å². The number of alkyl halides is 3. The van der Waals surface area contributed by atoms with Crippen molar-refractivity contribution < 1.29 is 27.5 Å². The zero-order valence-corrected chi connectivity index (χ0v) is 18.6. The Morgan fingerprint density at radius 3 is 2.64 bits per heavy atom. The molecule has 3 N–H and O–H groups in total. The Morgan fingerprint density at radius 1 is 1.21 bits per heavy atom. The third-order valence-corrected chi connectivity index (χ3v) is 6.35. The van der Waals surface area contributed by atoms with Crippen LogP contribution in [-0.2, 0) is 16.8 Å². The highest BCUT2D eigenvalue weighted by atomic mass is 19.4. The van der Waals surface area contributed by atoms with Gasteiger partial charge in [-0.2, -0.15) is 13.2 Å². The van der Waals surface area contributed by atoms with E-state index in [0.717, 1.165) is 24.9 Å². The molecule has 2 unspecified atom stereocenters. The van der Waals surface area contributed by atoms with Crippen LogP contribution in [0, 0.1) is 11.7 Å². The average molecular weight is 467 g/mol. The molecular weight excluding hydrogens is 436 g/mol. The first-order valence-electron chi connectivity index (χ1n) is 11.3. The monoisotopic (exact) mass is 466 g/mol. The Bertz CT molecular complexity index is 958. The van der Waals surface area contributed by atoms with Gasteiger partial charge in [-0.05, 0) is 61.4 Å². The molecule has 1 saturated heterocycles. The highest BCUT2D eigenvalue weighted by molar-refractivity contribution is 5.81. The van der Waals surface area contributed by atoms with Crippen LogP contribution in [0.2, 0.25) is 0 Å². The molecule has 0 saturated carbocycles. The number of carbonyl (C=O) groups excluding carboxylic acids is 1. The molecule has 1 fully saturated rings. The van der Waals surface area contributed by atoms with Crippen molar-refractivity contribution >= 4 is 5.91 Å². The van der Waals surface area contributed by atoms with E-state index >= 15 is 4.39 Å². The lowest BCUT2D eigenvalue weighted by Gasteiger charge is -2.40. The summed E-state index contributed by atoms with van der Waals surface area (Å²) in [4.78, 5) is 11.1. The first kappa shape index (κ1) is 25.2. The fourth-order valence-corrected chi connectivity index (χ4v) is 4.60. The minimum Gasteiger partial charge on any atom is -0.385 e. The second-order valence-electron chi connectivity index (χ2n) is 8.54. The summed E-state index contributed by atoms with van der Waals surface area (Å²) in [6.45, 7) is 3.08. The van der Waals surface area contributed by atoms with Gasteiger partial charge in [0.25, 0.3) is 0 Å². The Kier molecular flexibility index (Phi) is 8.13. The predicted octanol–water partition coefficient (Wildman–Crippen LogP) is 4.70.